The van der Waals surface area contributed by atoms with E-state index in [0.29, 0.717) is 12.1 Å². The van der Waals surface area contributed by atoms with E-state index in [1.54, 1.807) is 27.2 Å². The molecular weight excluding hydrogens is 296 g/mol. The monoisotopic (exact) mass is 312 g/mol. The Hall–Kier alpha value is -2.47. The molecule has 0 fully saturated rings. The lowest BCUT2D eigenvalue weighted by molar-refractivity contribution is 0.0786. The molecule has 6 heteroatoms. The predicted molar refractivity (Wildman–Crippen MR) is 86.2 cm³/mol. The lowest BCUT2D eigenvalue weighted by Gasteiger charge is -2.18. The van der Waals surface area contributed by atoms with Gasteiger partial charge in [-0.15, -0.1) is 11.3 Å². The maximum atomic E-state index is 12.8. The van der Waals surface area contributed by atoms with Gasteiger partial charge in [0.1, 0.15) is 12.7 Å². The van der Waals surface area contributed by atoms with Crippen LogP contribution >= 0.6 is 11.3 Å². The van der Waals surface area contributed by atoms with Crippen molar-refractivity contribution in [3.05, 3.63) is 64.4 Å². The van der Waals surface area contributed by atoms with Crippen molar-refractivity contribution in [2.45, 2.75) is 13.5 Å². The second-order valence-electron chi connectivity index (χ2n) is 5.05. The zero-order chi connectivity index (χ0) is 15.5. The van der Waals surface area contributed by atoms with Crippen LogP contribution in [0.2, 0.25) is 0 Å². The Morgan fingerprint density at radius 2 is 2.14 bits per heavy atom. The smallest absolute Gasteiger partial charge is 0.256 e. The van der Waals surface area contributed by atoms with Crippen molar-refractivity contribution in [2.24, 2.45) is 0 Å². The molecule has 22 heavy (non-hydrogen) atoms. The largest absolute Gasteiger partial charge is 0.336 e. The summed E-state index contributed by atoms with van der Waals surface area (Å²) in [5, 5.41) is 6.16. The molecule has 0 aliphatic rings. The molecule has 0 atom stereocenters. The number of amides is 1. The molecule has 1 amide bonds. The predicted octanol–water partition coefficient (Wildman–Crippen LogP) is 2.91. The molecule has 0 saturated heterocycles. The Morgan fingerprint density at radius 1 is 1.32 bits per heavy atom. The van der Waals surface area contributed by atoms with E-state index in [9.17, 15) is 4.79 Å². The van der Waals surface area contributed by atoms with Gasteiger partial charge in [0.15, 0.2) is 0 Å². The van der Waals surface area contributed by atoms with Gasteiger partial charge in [-0.25, -0.2) is 9.67 Å². The van der Waals surface area contributed by atoms with Crippen LogP contribution < -0.4 is 0 Å². The van der Waals surface area contributed by atoms with Gasteiger partial charge in [-0.1, -0.05) is 12.1 Å². The molecule has 0 aliphatic heterocycles. The van der Waals surface area contributed by atoms with E-state index >= 15 is 0 Å². The van der Waals surface area contributed by atoms with E-state index in [0.717, 1.165) is 5.69 Å². The molecule has 5 nitrogen and oxygen atoms in total. The van der Waals surface area contributed by atoms with E-state index in [1.807, 2.05) is 36.7 Å². The maximum Gasteiger partial charge on any atom is 0.256 e. The fourth-order valence-electron chi connectivity index (χ4n) is 2.25. The number of thiophene rings is 1. The number of aromatic nitrogens is 3. The third-order valence-electron chi connectivity index (χ3n) is 3.50. The Balaban J connectivity index is 1.88. The maximum absolute atomic E-state index is 12.8. The summed E-state index contributed by atoms with van der Waals surface area (Å²) in [5.41, 5.74) is 2.57. The van der Waals surface area contributed by atoms with Crippen LogP contribution in [0.1, 0.15) is 20.8 Å². The van der Waals surface area contributed by atoms with Crippen molar-refractivity contribution in [2.75, 3.05) is 7.05 Å². The van der Waals surface area contributed by atoms with Crippen LogP contribution in [0.15, 0.2) is 48.4 Å². The van der Waals surface area contributed by atoms with Crippen LogP contribution in [-0.4, -0.2) is 32.6 Å². The number of carbonyl (C=O) groups is 1. The first kappa shape index (κ1) is 14.5. The summed E-state index contributed by atoms with van der Waals surface area (Å²) in [6.45, 7) is 2.67. The van der Waals surface area contributed by atoms with Crippen molar-refractivity contribution in [1.82, 2.24) is 19.7 Å². The van der Waals surface area contributed by atoms with E-state index < -0.39 is 0 Å². The number of rotatable bonds is 4. The Bertz CT molecular complexity index is 779. The van der Waals surface area contributed by atoms with Gasteiger partial charge < -0.3 is 4.90 Å². The number of nitrogens with zero attached hydrogens (tertiary/aromatic N) is 4. The molecule has 3 aromatic rings. The SMILES string of the molecule is Cc1ccsc1CN(C)C(=O)c1ccccc1-n1cncn1. The van der Waals surface area contributed by atoms with Crippen molar-refractivity contribution in [3.8, 4) is 5.69 Å². The molecule has 2 heterocycles. The highest BCUT2D eigenvalue weighted by Gasteiger charge is 2.18. The normalized spacial score (nSPS) is 10.6. The minimum Gasteiger partial charge on any atom is -0.336 e. The average molecular weight is 312 g/mol. The zero-order valence-corrected chi connectivity index (χ0v) is 13.2. The summed E-state index contributed by atoms with van der Waals surface area (Å²) in [7, 11) is 1.82. The fourth-order valence-corrected chi connectivity index (χ4v) is 3.20. The third kappa shape index (κ3) is 2.78. The molecule has 1 aromatic carbocycles. The molecular formula is C16H16N4OS. The Kier molecular flexibility index (Phi) is 4.02. The van der Waals surface area contributed by atoms with Gasteiger partial charge in [-0.2, -0.15) is 5.10 Å². The standard InChI is InChI=1S/C16H16N4OS/c1-12-7-8-22-15(12)9-19(2)16(21)13-5-3-4-6-14(13)20-11-17-10-18-20/h3-8,10-11H,9H2,1-2H3. The molecule has 0 bridgehead atoms. The second-order valence-corrected chi connectivity index (χ2v) is 6.05. The lowest BCUT2D eigenvalue weighted by Crippen LogP contribution is -2.27. The van der Waals surface area contributed by atoms with E-state index in [-0.39, 0.29) is 5.91 Å². The van der Waals surface area contributed by atoms with Gasteiger partial charge in [-0.05, 0) is 36.1 Å². The van der Waals surface area contributed by atoms with Crippen LogP contribution in [0.4, 0.5) is 0 Å². The molecule has 112 valence electrons. The first-order valence-electron chi connectivity index (χ1n) is 6.89. The van der Waals surface area contributed by atoms with Gasteiger partial charge in [0.05, 0.1) is 17.8 Å². The summed E-state index contributed by atoms with van der Waals surface area (Å²) in [6, 6.07) is 9.50. The summed E-state index contributed by atoms with van der Waals surface area (Å²) >= 11 is 1.67. The highest BCUT2D eigenvalue weighted by molar-refractivity contribution is 7.10. The quantitative estimate of drug-likeness (QED) is 0.744. The van der Waals surface area contributed by atoms with Crippen molar-refractivity contribution in [1.29, 1.82) is 0 Å². The summed E-state index contributed by atoms with van der Waals surface area (Å²) in [4.78, 5) is 19.6. The molecule has 3 rings (SSSR count). The minimum absolute atomic E-state index is 0.0288. The van der Waals surface area contributed by atoms with Crippen LogP contribution in [0, 0.1) is 6.92 Å². The van der Waals surface area contributed by atoms with Crippen molar-refractivity contribution < 1.29 is 4.79 Å². The first-order valence-corrected chi connectivity index (χ1v) is 7.77. The number of para-hydroxylation sites is 1. The summed E-state index contributed by atoms with van der Waals surface area (Å²) < 4.78 is 1.61. The second kappa shape index (κ2) is 6.11. The molecule has 0 spiro atoms. The third-order valence-corrected chi connectivity index (χ3v) is 4.50. The molecule has 0 N–H and O–H groups in total. The number of hydrogen-bond acceptors (Lipinski definition) is 4. The van der Waals surface area contributed by atoms with Crippen LogP contribution in [0.3, 0.4) is 0 Å². The van der Waals surface area contributed by atoms with E-state index in [1.165, 1.54) is 16.8 Å². The van der Waals surface area contributed by atoms with E-state index in [4.69, 9.17) is 0 Å². The van der Waals surface area contributed by atoms with Crippen LogP contribution in [0.5, 0.6) is 0 Å². The highest BCUT2D eigenvalue weighted by atomic mass is 32.1. The first-order chi connectivity index (χ1) is 10.7. The topological polar surface area (TPSA) is 51.0 Å². The van der Waals surface area contributed by atoms with E-state index in [2.05, 4.69) is 23.1 Å². The Labute approximate surface area is 132 Å². The fraction of sp³-hybridized carbons (Fsp3) is 0.188. The Morgan fingerprint density at radius 3 is 2.82 bits per heavy atom. The van der Waals surface area contributed by atoms with Gasteiger partial charge in [0.2, 0.25) is 0 Å². The number of hydrogen-bond donors (Lipinski definition) is 0. The molecule has 2 aromatic heterocycles. The van der Waals surface area contributed by atoms with Gasteiger partial charge >= 0.3 is 0 Å². The average Bonchev–Trinajstić information content (AvgIpc) is 3.19. The van der Waals surface area contributed by atoms with Crippen molar-refractivity contribution >= 4 is 17.2 Å². The highest BCUT2D eigenvalue weighted by Crippen LogP contribution is 2.20. The molecule has 0 saturated carbocycles. The lowest BCUT2D eigenvalue weighted by atomic mass is 10.1. The van der Waals surface area contributed by atoms with Crippen LogP contribution in [-0.2, 0) is 6.54 Å². The number of benzene rings is 1. The van der Waals surface area contributed by atoms with Crippen LogP contribution in [0.25, 0.3) is 5.69 Å². The number of aryl methyl sites for hydroxylation is 1. The zero-order valence-electron chi connectivity index (χ0n) is 12.4. The molecule has 0 radical (unpaired) electrons. The van der Waals surface area contributed by atoms with Crippen molar-refractivity contribution in [3.63, 3.8) is 0 Å². The van der Waals surface area contributed by atoms with Gasteiger partial charge in [0, 0.05) is 11.9 Å². The molecule has 0 unspecified atom stereocenters. The minimum atomic E-state index is -0.0288. The summed E-state index contributed by atoms with van der Waals surface area (Å²) in [6.07, 6.45) is 3.05. The number of carbonyl (C=O) groups excluding carboxylic acids is 1. The van der Waals surface area contributed by atoms with Gasteiger partial charge in [-0.3, -0.25) is 4.79 Å². The molecule has 0 aliphatic carbocycles. The summed E-state index contributed by atoms with van der Waals surface area (Å²) in [5.74, 6) is -0.0288. The van der Waals surface area contributed by atoms with Gasteiger partial charge in [0.25, 0.3) is 5.91 Å².